The maximum atomic E-state index is 4.89. The molecule has 0 saturated carbocycles. The molecule has 0 radical (unpaired) electrons. The number of halogens is 2. The minimum Gasteiger partial charge on any atom is -0.304 e. The number of pyridine rings is 1. The SMILES string of the molecule is CCc1ccc(-c2nc3cc(C)ccn3c2CN(C)C)cc1.Cl.Cl. The van der Waals surface area contributed by atoms with Gasteiger partial charge in [-0.15, -0.1) is 24.8 Å². The number of aryl methyl sites for hydroxylation is 2. The molecule has 0 N–H and O–H groups in total. The van der Waals surface area contributed by atoms with Crippen LogP contribution in [0.15, 0.2) is 42.6 Å². The van der Waals surface area contributed by atoms with E-state index in [9.17, 15) is 0 Å². The first kappa shape index (κ1) is 20.5. The molecule has 0 fully saturated rings. The van der Waals surface area contributed by atoms with Gasteiger partial charge >= 0.3 is 0 Å². The van der Waals surface area contributed by atoms with Crippen molar-refractivity contribution in [1.82, 2.24) is 14.3 Å². The first-order valence-corrected chi connectivity index (χ1v) is 7.80. The molecule has 0 amide bonds. The highest BCUT2D eigenvalue weighted by molar-refractivity contribution is 5.85. The lowest BCUT2D eigenvalue weighted by atomic mass is 10.1. The van der Waals surface area contributed by atoms with Gasteiger partial charge in [0.05, 0.1) is 11.4 Å². The lowest BCUT2D eigenvalue weighted by Crippen LogP contribution is -2.13. The zero-order valence-electron chi connectivity index (χ0n) is 14.6. The van der Waals surface area contributed by atoms with Crippen molar-refractivity contribution in [3.05, 3.63) is 59.4 Å². The van der Waals surface area contributed by atoms with Gasteiger partial charge in [0.25, 0.3) is 0 Å². The van der Waals surface area contributed by atoms with Gasteiger partial charge in [0, 0.05) is 18.3 Å². The van der Waals surface area contributed by atoms with Crippen LogP contribution >= 0.6 is 24.8 Å². The molecule has 0 atom stereocenters. The monoisotopic (exact) mass is 365 g/mol. The van der Waals surface area contributed by atoms with E-state index in [1.54, 1.807) is 0 Å². The van der Waals surface area contributed by atoms with Gasteiger partial charge in [0.1, 0.15) is 5.65 Å². The molecule has 5 heteroatoms. The van der Waals surface area contributed by atoms with E-state index in [1.807, 2.05) is 0 Å². The van der Waals surface area contributed by atoms with E-state index >= 15 is 0 Å². The van der Waals surface area contributed by atoms with Crippen LogP contribution in [0.25, 0.3) is 16.9 Å². The normalized spacial score (nSPS) is 10.5. The summed E-state index contributed by atoms with van der Waals surface area (Å²) in [6.07, 6.45) is 3.19. The van der Waals surface area contributed by atoms with Crippen LogP contribution in [-0.4, -0.2) is 28.4 Å². The van der Waals surface area contributed by atoms with Gasteiger partial charge in [0.2, 0.25) is 0 Å². The van der Waals surface area contributed by atoms with E-state index in [-0.39, 0.29) is 24.8 Å². The minimum absolute atomic E-state index is 0. The molecule has 0 spiro atoms. The molecule has 0 saturated heterocycles. The van der Waals surface area contributed by atoms with E-state index in [4.69, 9.17) is 4.98 Å². The second kappa shape index (κ2) is 8.52. The van der Waals surface area contributed by atoms with Crippen molar-refractivity contribution in [3.8, 4) is 11.3 Å². The van der Waals surface area contributed by atoms with Crippen molar-refractivity contribution >= 4 is 30.5 Å². The van der Waals surface area contributed by atoms with Crippen LogP contribution in [0.2, 0.25) is 0 Å². The van der Waals surface area contributed by atoms with E-state index in [1.165, 1.54) is 22.4 Å². The highest BCUT2D eigenvalue weighted by atomic mass is 35.5. The molecule has 2 heterocycles. The fourth-order valence-corrected chi connectivity index (χ4v) is 2.78. The number of benzene rings is 1. The molecule has 3 nitrogen and oxygen atoms in total. The van der Waals surface area contributed by atoms with Crippen LogP contribution in [0.3, 0.4) is 0 Å². The summed E-state index contributed by atoms with van der Waals surface area (Å²) in [5, 5.41) is 0. The average molecular weight is 366 g/mol. The lowest BCUT2D eigenvalue weighted by Gasteiger charge is -2.11. The fraction of sp³-hybridized carbons (Fsp3) is 0.316. The van der Waals surface area contributed by atoms with Crippen molar-refractivity contribution in [1.29, 1.82) is 0 Å². The number of hydrogen-bond donors (Lipinski definition) is 0. The van der Waals surface area contributed by atoms with E-state index in [2.05, 4.69) is 79.8 Å². The topological polar surface area (TPSA) is 20.5 Å². The summed E-state index contributed by atoms with van der Waals surface area (Å²) in [6, 6.07) is 13.0. The minimum atomic E-state index is 0. The summed E-state index contributed by atoms with van der Waals surface area (Å²) in [7, 11) is 4.19. The van der Waals surface area contributed by atoms with Gasteiger partial charge in [-0.3, -0.25) is 0 Å². The van der Waals surface area contributed by atoms with Gasteiger partial charge in [-0.05, 0) is 50.7 Å². The molecule has 3 rings (SSSR count). The Morgan fingerprint density at radius 2 is 1.71 bits per heavy atom. The van der Waals surface area contributed by atoms with E-state index in [0.717, 1.165) is 24.3 Å². The number of aromatic nitrogens is 2. The molecule has 24 heavy (non-hydrogen) atoms. The predicted molar refractivity (Wildman–Crippen MR) is 107 cm³/mol. The maximum Gasteiger partial charge on any atom is 0.137 e. The van der Waals surface area contributed by atoms with E-state index < -0.39 is 0 Å². The Balaban J connectivity index is 0.00000144. The highest BCUT2D eigenvalue weighted by Gasteiger charge is 2.14. The molecule has 0 unspecified atom stereocenters. The third-order valence-corrected chi connectivity index (χ3v) is 3.98. The molecular formula is C19H25Cl2N3. The number of rotatable bonds is 4. The van der Waals surface area contributed by atoms with Gasteiger partial charge < -0.3 is 9.30 Å². The van der Waals surface area contributed by atoms with Gasteiger partial charge in [0.15, 0.2) is 0 Å². The number of hydrogen-bond acceptors (Lipinski definition) is 2. The lowest BCUT2D eigenvalue weighted by molar-refractivity contribution is 0.396. The fourth-order valence-electron chi connectivity index (χ4n) is 2.78. The first-order valence-electron chi connectivity index (χ1n) is 7.80. The van der Waals surface area contributed by atoms with Gasteiger partial charge in [-0.25, -0.2) is 4.98 Å². The van der Waals surface area contributed by atoms with Crippen LogP contribution in [0.1, 0.15) is 23.7 Å². The van der Waals surface area contributed by atoms with Crippen molar-refractivity contribution in [2.24, 2.45) is 0 Å². The molecule has 0 aliphatic rings. The van der Waals surface area contributed by atoms with Crippen LogP contribution in [0.5, 0.6) is 0 Å². The highest BCUT2D eigenvalue weighted by Crippen LogP contribution is 2.26. The smallest absolute Gasteiger partial charge is 0.137 e. The first-order chi connectivity index (χ1) is 10.6. The quantitative estimate of drug-likeness (QED) is 0.663. The molecule has 0 aliphatic heterocycles. The third kappa shape index (κ3) is 4.10. The zero-order chi connectivity index (χ0) is 15.7. The zero-order valence-corrected chi connectivity index (χ0v) is 16.2. The standard InChI is InChI=1S/C19H23N3.2ClH/c1-5-15-6-8-16(9-7-15)19-17(13-21(3)4)22-11-10-14(2)12-18(22)20-19;;/h6-12H,5,13H2,1-4H3;2*1H. The van der Waals surface area contributed by atoms with Gasteiger partial charge in [-0.2, -0.15) is 0 Å². The number of imidazole rings is 1. The molecule has 1 aromatic carbocycles. The Hall–Kier alpha value is -1.55. The Labute approximate surface area is 156 Å². The van der Waals surface area contributed by atoms with Crippen LogP contribution in [0, 0.1) is 6.92 Å². The van der Waals surface area contributed by atoms with Gasteiger partial charge in [-0.1, -0.05) is 31.2 Å². The summed E-state index contributed by atoms with van der Waals surface area (Å²) in [4.78, 5) is 7.08. The van der Waals surface area contributed by atoms with Crippen molar-refractivity contribution in [2.45, 2.75) is 26.8 Å². The van der Waals surface area contributed by atoms with Crippen LogP contribution in [0.4, 0.5) is 0 Å². The molecule has 0 aliphatic carbocycles. The molecule has 3 aromatic rings. The summed E-state index contributed by atoms with van der Waals surface area (Å²) in [6.45, 7) is 5.16. The number of fused-ring (bicyclic) bond motifs is 1. The van der Waals surface area contributed by atoms with Crippen LogP contribution < -0.4 is 0 Å². The van der Waals surface area contributed by atoms with Crippen molar-refractivity contribution in [3.63, 3.8) is 0 Å². The van der Waals surface area contributed by atoms with Crippen molar-refractivity contribution < 1.29 is 0 Å². The third-order valence-electron chi connectivity index (χ3n) is 3.98. The second-order valence-electron chi connectivity index (χ2n) is 6.13. The second-order valence-corrected chi connectivity index (χ2v) is 6.13. The summed E-state index contributed by atoms with van der Waals surface area (Å²) in [5.41, 5.74) is 7.13. The molecule has 2 aromatic heterocycles. The molecule has 130 valence electrons. The predicted octanol–water partition coefficient (Wildman–Crippen LogP) is 4.78. The summed E-state index contributed by atoms with van der Waals surface area (Å²) in [5.74, 6) is 0. The Morgan fingerprint density at radius 1 is 1.04 bits per heavy atom. The summed E-state index contributed by atoms with van der Waals surface area (Å²) >= 11 is 0. The summed E-state index contributed by atoms with van der Waals surface area (Å²) < 4.78 is 2.20. The molecule has 0 bridgehead atoms. The molecular weight excluding hydrogens is 341 g/mol. The Bertz CT molecular complexity index is 792. The average Bonchev–Trinajstić information content (AvgIpc) is 2.84. The van der Waals surface area contributed by atoms with Crippen LogP contribution in [-0.2, 0) is 13.0 Å². The Kier molecular flexibility index (Phi) is 7.27. The number of nitrogens with zero attached hydrogens (tertiary/aromatic N) is 3. The van der Waals surface area contributed by atoms with Crippen molar-refractivity contribution in [2.75, 3.05) is 14.1 Å². The Morgan fingerprint density at radius 3 is 2.29 bits per heavy atom. The maximum absolute atomic E-state index is 4.89. The largest absolute Gasteiger partial charge is 0.304 e. The van der Waals surface area contributed by atoms with E-state index in [0.29, 0.717) is 0 Å².